The smallest absolute Gasteiger partial charge is 0.254 e. The Balaban J connectivity index is 1.88. The molecule has 1 aliphatic rings. The first-order valence-electron chi connectivity index (χ1n) is 8.75. The van der Waals surface area contributed by atoms with Crippen LogP contribution in [0, 0.1) is 5.82 Å². The van der Waals surface area contributed by atoms with E-state index in [-0.39, 0.29) is 18.6 Å². The van der Waals surface area contributed by atoms with E-state index >= 15 is 0 Å². The maximum absolute atomic E-state index is 13.8. The monoisotopic (exact) mass is 350 g/mol. The molecule has 1 aromatic heterocycles. The Bertz CT molecular complexity index is 959. The zero-order valence-electron chi connectivity index (χ0n) is 14.2. The van der Waals surface area contributed by atoms with Gasteiger partial charge in [0.1, 0.15) is 5.82 Å². The van der Waals surface area contributed by atoms with Crippen LogP contribution in [0.3, 0.4) is 0 Å². The average Bonchev–Trinajstić information content (AvgIpc) is 3.16. The lowest BCUT2D eigenvalue weighted by atomic mass is 10.0. The number of hydrogen-bond donors (Lipinski definition) is 1. The molecule has 26 heavy (non-hydrogen) atoms. The van der Waals surface area contributed by atoms with Gasteiger partial charge in [-0.05, 0) is 37.1 Å². The number of hydrogen-bond acceptors (Lipinski definition) is 3. The zero-order chi connectivity index (χ0) is 18.1. The average molecular weight is 350 g/mol. The van der Waals surface area contributed by atoms with E-state index in [2.05, 4.69) is 4.98 Å². The summed E-state index contributed by atoms with van der Waals surface area (Å²) in [4.78, 5) is 19.5. The van der Waals surface area contributed by atoms with Gasteiger partial charge < -0.3 is 10.0 Å². The number of carbonyl (C=O) groups is 1. The molecular weight excluding hydrogens is 331 g/mol. The van der Waals surface area contributed by atoms with Gasteiger partial charge in [-0.3, -0.25) is 4.79 Å². The second-order valence-electron chi connectivity index (χ2n) is 6.56. The number of amides is 1. The molecule has 1 amide bonds. The van der Waals surface area contributed by atoms with E-state index in [1.54, 1.807) is 17.0 Å². The molecule has 0 radical (unpaired) electrons. The SMILES string of the molecule is O=C(c1cc(-c2ccccc2)nc2ccc(F)cc12)N1CCCC1CO. The number of carbonyl (C=O) groups excluding carboxylic acids is 1. The third kappa shape index (κ3) is 2.95. The molecule has 0 aliphatic carbocycles. The Morgan fingerprint density at radius 1 is 1.19 bits per heavy atom. The number of aromatic nitrogens is 1. The largest absolute Gasteiger partial charge is 0.394 e. The van der Waals surface area contributed by atoms with Gasteiger partial charge in [0.05, 0.1) is 29.4 Å². The molecule has 1 fully saturated rings. The standard InChI is InChI=1S/C21H19FN2O2/c22-15-8-9-19-17(11-15)18(21(26)24-10-4-7-16(24)13-25)12-20(23-19)14-5-2-1-3-6-14/h1-3,5-6,8-9,11-12,16,25H,4,7,10,13H2. The first kappa shape index (κ1) is 16.7. The second kappa shape index (κ2) is 6.84. The molecule has 1 unspecified atom stereocenters. The van der Waals surface area contributed by atoms with Crippen molar-refractivity contribution in [1.29, 1.82) is 0 Å². The van der Waals surface area contributed by atoms with Crippen LogP contribution >= 0.6 is 0 Å². The number of aliphatic hydroxyl groups is 1. The van der Waals surface area contributed by atoms with Crippen molar-refractivity contribution in [2.24, 2.45) is 0 Å². The topological polar surface area (TPSA) is 53.4 Å². The van der Waals surface area contributed by atoms with Crippen LogP contribution in [-0.4, -0.2) is 40.1 Å². The lowest BCUT2D eigenvalue weighted by Crippen LogP contribution is -2.37. The summed E-state index contributed by atoms with van der Waals surface area (Å²) in [5.74, 6) is -0.585. The fourth-order valence-electron chi connectivity index (χ4n) is 3.58. The van der Waals surface area contributed by atoms with Gasteiger partial charge in [0.15, 0.2) is 0 Å². The van der Waals surface area contributed by atoms with Crippen molar-refractivity contribution >= 4 is 16.8 Å². The van der Waals surface area contributed by atoms with Crippen LogP contribution in [0.5, 0.6) is 0 Å². The van der Waals surface area contributed by atoms with E-state index in [0.29, 0.717) is 28.7 Å². The molecule has 132 valence electrons. The molecular formula is C21H19FN2O2. The van der Waals surface area contributed by atoms with Crippen LogP contribution in [-0.2, 0) is 0 Å². The summed E-state index contributed by atoms with van der Waals surface area (Å²) in [6.45, 7) is 0.540. The highest BCUT2D eigenvalue weighted by molar-refractivity contribution is 6.07. The van der Waals surface area contributed by atoms with Crippen LogP contribution in [0.25, 0.3) is 22.2 Å². The van der Waals surface area contributed by atoms with Crippen molar-refractivity contribution in [3.63, 3.8) is 0 Å². The lowest BCUT2D eigenvalue weighted by Gasteiger charge is -2.24. The van der Waals surface area contributed by atoms with E-state index in [1.165, 1.54) is 12.1 Å². The van der Waals surface area contributed by atoms with Crippen molar-refractivity contribution in [2.45, 2.75) is 18.9 Å². The number of benzene rings is 2. The highest BCUT2D eigenvalue weighted by Crippen LogP contribution is 2.28. The first-order chi connectivity index (χ1) is 12.7. The highest BCUT2D eigenvalue weighted by Gasteiger charge is 2.30. The van der Waals surface area contributed by atoms with Crippen LogP contribution in [0.4, 0.5) is 4.39 Å². The summed E-state index contributed by atoms with van der Waals surface area (Å²) in [5.41, 5.74) is 2.57. The summed E-state index contributed by atoms with van der Waals surface area (Å²) in [6, 6.07) is 15.5. The number of halogens is 1. The summed E-state index contributed by atoms with van der Waals surface area (Å²) < 4.78 is 13.8. The number of fused-ring (bicyclic) bond motifs is 1. The molecule has 2 heterocycles. The normalized spacial score (nSPS) is 17.0. The predicted octanol–water partition coefficient (Wildman–Crippen LogP) is 3.64. The summed E-state index contributed by atoms with van der Waals surface area (Å²) in [5, 5.41) is 10.1. The Morgan fingerprint density at radius 2 is 2.00 bits per heavy atom. The molecule has 1 atom stereocenters. The molecule has 1 aliphatic heterocycles. The van der Waals surface area contributed by atoms with Crippen LogP contribution in [0.15, 0.2) is 54.6 Å². The Hall–Kier alpha value is -2.79. The maximum Gasteiger partial charge on any atom is 0.254 e. The quantitative estimate of drug-likeness (QED) is 0.785. The van der Waals surface area contributed by atoms with E-state index < -0.39 is 5.82 Å². The minimum absolute atomic E-state index is 0.0609. The summed E-state index contributed by atoms with van der Waals surface area (Å²) in [6.07, 6.45) is 1.64. The minimum atomic E-state index is -0.402. The summed E-state index contributed by atoms with van der Waals surface area (Å²) >= 11 is 0. The number of likely N-dealkylation sites (tertiary alicyclic amines) is 1. The van der Waals surface area contributed by atoms with Gasteiger partial charge in [0.25, 0.3) is 5.91 Å². The highest BCUT2D eigenvalue weighted by atomic mass is 19.1. The van der Waals surface area contributed by atoms with E-state index in [4.69, 9.17) is 0 Å². The van der Waals surface area contributed by atoms with Gasteiger partial charge in [0.2, 0.25) is 0 Å². The molecule has 3 aromatic rings. The Labute approximate surface area is 150 Å². The first-order valence-corrected chi connectivity index (χ1v) is 8.75. The molecule has 0 spiro atoms. The molecule has 1 N–H and O–H groups in total. The fourth-order valence-corrected chi connectivity index (χ4v) is 3.58. The van der Waals surface area contributed by atoms with Crippen LogP contribution < -0.4 is 0 Å². The summed E-state index contributed by atoms with van der Waals surface area (Å²) in [7, 11) is 0. The lowest BCUT2D eigenvalue weighted by molar-refractivity contribution is 0.0679. The third-order valence-electron chi connectivity index (χ3n) is 4.92. The minimum Gasteiger partial charge on any atom is -0.394 e. The number of nitrogens with zero attached hydrogens (tertiary/aromatic N) is 2. The number of pyridine rings is 1. The van der Waals surface area contributed by atoms with Gasteiger partial charge in [-0.1, -0.05) is 30.3 Å². The number of rotatable bonds is 3. The van der Waals surface area contributed by atoms with Crippen molar-refractivity contribution in [3.8, 4) is 11.3 Å². The van der Waals surface area contributed by atoms with Gasteiger partial charge in [-0.2, -0.15) is 0 Å². The number of aliphatic hydroxyl groups excluding tert-OH is 1. The van der Waals surface area contributed by atoms with Crippen molar-refractivity contribution in [2.75, 3.05) is 13.2 Å². The van der Waals surface area contributed by atoms with Crippen molar-refractivity contribution in [3.05, 3.63) is 66.0 Å². The Morgan fingerprint density at radius 3 is 2.77 bits per heavy atom. The Kier molecular flexibility index (Phi) is 4.39. The second-order valence-corrected chi connectivity index (χ2v) is 6.56. The van der Waals surface area contributed by atoms with Gasteiger partial charge in [-0.15, -0.1) is 0 Å². The third-order valence-corrected chi connectivity index (χ3v) is 4.92. The van der Waals surface area contributed by atoms with Gasteiger partial charge >= 0.3 is 0 Å². The van der Waals surface area contributed by atoms with Gasteiger partial charge in [-0.25, -0.2) is 9.37 Å². The van der Waals surface area contributed by atoms with E-state index in [0.717, 1.165) is 18.4 Å². The van der Waals surface area contributed by atoms with Crippen LogP contribution in [0.1, 0.15) is 23.2 Å². The fraction of sp³-hybridized carbons (Fsp3) is 0.238. The molecule has 0 saturated carbocycles. The molecule has 1 saturated heterocycles. The van der Waals surface area contributed by atoms with E-state index in [1.807, 2.05) is 30.3 Å². The maximum atomic E-state index is 13.8. The van der Waals surface area contributed by atoms with Gasteiger partial charge in [0, 0.05) is 17.5 Å². The molecule has 5 heteroatoms. The molecule has 2 aromatic carbocycles. The molecule has 4 rings (SSSR count). The van der Waals surface area contributed by atoms with Crippen molar-refractivity contribution in [1.82, 2.24) is 9.88 Å². The van der Waals surface area contributed by atoms with Crippen molar-refractivity contribution < 1.29 is 14.3 Å². The zero-order valence-corrected chi connectivity index (χ0v) is 14.2. The molecule has 0 bridgehead atoms. The van der Waals surface area contributed by atoms with Crippen LogP contribution in [0.2, 0.25) is 0 Å². The predicted molar refractivity (Wildman–Crippen MR) is 98.3 cm³/mol. The molecule has 4 nitrogen and oxygen atoms in total. The van der Waals surface area contributed by atoms with E-state index in [9.17, 15) is 14.3 Å².